The minimum absolute atomic E-state index is 0.167. The normalized spacial score (nSPS) is 14.6. The molecule has 3 rings (SSSR count). The van der Waals surface area contributed by atoms with Gasteiger partial charge in [0.05, 0.1) is 6.54 Å². The van der Waals surface area contributed by atoms with E-state index < -0.39 is 0 Å². The second-order valence-corrected chi connectivity index (χ2v) is 7.60. The first-order chi connectivity index (χ1) is 13.2. The Bertz CT molecular complexity index is 789. The van der Waals surface area contributed by atoms with Crippen LogP contribution in [0.2, 0.25) is 0 Å². The van der Waals surface area contributed by atoms with Crippen LogP contribution in [-0.4, -0.2) is 34.3 Å². The lowest BCUT2D eigenvalue weighted by atomic mass is 10.1. The number of aromatic nitrogens is 3. The highest BCUT2D eigenvalue weighted by Crippen LogP contribution is 2.16. The van der Waals surface area contributed by atoms with E-state index in [1.165, 1.54) is 25.3 Å². The molecule has 0 saturated carbocycles. The summed E-state index contributed by atoms with van der Waals surface area (Å²) in [6.07, 6.45) is 6.12. The van der Waals surface area contributed by atoms with Crippen LogP contribution in [0.1, 0.15) is 42.9 Å². The number of nitrogens with zero attached hydrogens (tertiary/aromatic N) is 4. The van der Waals surface area contributed by atoms with Gasteiger partial charge in [-0.25, -0.2) is 4.39 Å². The molecule has 0 fully saturated rings. The number of nitrogens with one attached hydrogen (secondary N) is 2. The van der Waals surface area contributed by atoms with Crippen molar-refractivity contribution in [3.63, 3.8) is 0 Å². The predicted molar refractivity (Wildman–Crippen MR) is 108 cm³/mol. The standard InChI is InChI=1S/C19H26BrFN6/c1-22-19(23-10-5-6-14-8-9-15(20)12-16(14)21)24-13-18-26-25-17-7-3-2-4-11-27(17)18/h8-9,12H,2-7,10-11,13H2,1H3,(H2,22,23,24). The third-order valence-electron chi connectivity index (χ3n) is 4.75. The number of rotatable bonds is 6. The average molecular weight is 437 g/mol. The Hall–Kier alpha value is -1.96. The molecule has 2 aromatic rings. The van der Waals surface area contributed by atoms with Gasteiger partial charge in [-0.3, -0.25) is 4.99 Å². The third kappa shape index (κ3) is 5.51. The van der Waals surface area contributed by atoms with Crippen LogP contribution >= 0.6 is 15.9 Å². The molecule has 27 heavy (non-hydrogen) atoms. The van der Waals surface area contributed by atoms with E-state index in [0.717, 1.165) is 47.0 Å². The lowest BCUT2D eigenvalue weighted by Crippen LogP contribution is -2.38. The minimum atomic E-state index is -0.167. The molecule has 2 N–H and O–H groups in total. The van der Waals surface area contributed by atoms with Gasteiger partial charge < -0.3 is 15.2 Å². The first-order valence-electron chi connectivity index (χ1n) is 9.47. The van der Waals surface area contributed by atoms with Crippen molar-refractivity contribution >= 4 is 21.9 Å². The Morgan fingerprint density at radius 1 is 1.26 bits per heavy atom. The van der Waals surface area contributed by atoms with Crippen molar-refractivity contribution in [2.75, 3.05) is 13.6 Å². The van der Waals surface area contributed by atoms with Gasteiger partial charge in [-0.05, 0) is 43.4 Å². The number of aryl methyl sites for hydroxylation is 2. The second-order valence-electron chi connectivity index (χ2n) is 6.69. The molecule has 0 spiro atoms. The van der Waals surface area contributed by atoms with E-state index >= 15 is 0 Å². The molecule has 8 heteroatoms. The monoisotopic (exact) mass is 436 g/mol. The van der Waals surface area contributed by atoms with Crippen molar-refractivity contribution in [3.8, 4) is 0 Å². The Morgan fingerprint density at radius 3 is 2.96 bits per heavy atom. The van der Waals surface area contributed by atoms with Gasteiger partial charge >= 0.3 is 0 Å². The molecule has 0 unspecified atom stereocenters. The van der Waals surface area contributed by atoms with Crippen molar-refractivity contribution < 1.29 is 4.39 Å². The van der Waals surface area contributed by atoms with Crippen LogP contribution in [0, 0.1) is 5.82 Å². The number of aliphatic imine (C=N–C) groups is 1. The number of hydrogen-bond donors (Lipinski definition) is 2. The summed E-state index contributed by atoms with van der Waals surface area (Å²) in [7, 11) is 1.74. The van der Waals surface area contributed by atoms with Gasteiger partial charge in [0, 0.05) is 31.0 Å². The zero-order valence-corrected chi connectivity index (χ0v) is 17.2. The molecule has 1 aromatic heterocycles. The lowest BCUT2D eigenvalue weighted by Gasteiger charge is -2.13. The van der Waals surface area contributed by atoms with E-state index in [4.69, 9.17) is 0 Å². The summed E-state index contributed by atoms with van der Waals surface area (Å²) < 4.78 is 16.8. The van der Waals surface area contributed by atoms with Crippen LogP contribution in [0.25, 0.3) is 0 Å². The summed E-state index contributed by atoms with van der Waals surface area (Å²) in [4.78, 5) is 4.25. The number of guanidine groups is 1. The van der Waals surface area contributed by atoms with Crippen molar-refractivity contribution in [2.24, 2.45) is 4.99 Å². The predicted octanol–water partition coefficient (Wildman–Crippen LogP) is 3.20. The Kier molecular flexibility index (Phi) is 7.20. The minimum Gasteiger partial charge on any atom is -0.356 e. The maximum atomic E-state index is 13.8. The van der Waals surface area contributed by atoms with Crippen LogP contribution in [0.4, 0.5) is 4.39 Å². The molecule has 1 aliphatic rings. The average Bonchev–Trinajstić information content (AvgIpc) is 2.89. The van der Waals surface area contributed by atoms with Crippen molar-refractivity contribution in [3.05, 3.63) is 45.7 Å². The van der Waals surface area contributed by atoms with Crippen LogP contribution in [0.15, 0.2) is 27.7 Å². The Morgan fingerprint density at radius 2 is 2.15 bits per heavy atom. The smallest absolute Gasteiger partial charge is 0.191 e. The molecule has 0 radical (unpaired) electrons. The molecular formula is C19H26BrFN6. The highest BCUT2D eigenvalue weighted by atomic mass is 79.9. The largest absolute Gasteiger partial charge is 0.356 e. The van der Waals surface area contributed by atoms with Crippen LogP contribution < -0.4 is 10.6 Å². The molecule has 1 aromatic carbocycles. The van der Waals surface area contributed by atoms with E-state index in [1.54, 1.807) is 7.05 Å². The summed E-state index contributed by atoms with van der Waals surface area (Å²) in [5, 5.41) is 15.2. The highest BCUT2D eigenvalue weighted by Gasteiger charge is 2.14. The van der Waals surface area contributed by atoms with Gasteiger partial charge in [-0.1, -0.05) is 28.4 Å². The topological polar surface area (TPSA) is 67.1 Å². The third-order valence-corrected chi connectivity index (χ3v) is 5.25. The van der Waals surface area contributed by atoms with E-state index in [-0.39, 0.29) is 5.82 Å². The quantitative estimate of drug-likeness (QED) is 0.414. The van der Waals surface area contributed by atoms with Gasteiger partial charge in [-0.2, -0.15) is 0 Å². The summed E-state index contributed by atoms with van der Waals surface area (Å²) in [5.74, 6) is 2.59. The molecule has 1 aliphatic heterocycles. The molecular weight excluding hydrogens is 411 g/mol. The molecule has 0 atom stereocenters. The van der Waals surface area contributed by atoms with Crippen LogP contribution in [0.3, 0.4) is 0 Å². The lowest BCUT2D eigenvalue weighted by molar-refractivity contribution is 0.594. The Balaban J connectivity index is 1.44. The zero-order valence-electron chi connectivity index (χ0n) is 15.6. The summed E-state index contributed by atoms with van der Waals surface area (Å²) in [6, 6.07) is 5.20. The maximum absolute atomic E-state index is 13.8. The van der Waals surface area contributed by atoms with E-state index in [1.807, 2.05) is 12.1 Å². The summed E-state index contributed by atoms with van der Waals surface area (Å²) in [5.41, 5.74) is 0.731. The first kappa shape index (κ1) is 19.8. The SMILES string of the molecule is CN=C(NCCCc1ccc(Br)cc1F)NCc1nnc2n1CCCCC2. The number of fused-ring (bicyclic) bond motifs is 1. The molecule has 6 nitrogen and oxygen atoms in total. The van der Waals surface area contributed by atoms with Crippen molar-refractivity contribution in [1.82, 2.24) is 25.4 Å². The zero-order chi connectivity index (χ0) is 19.1. The first-order valence-corrected chi connectivity index (χ1v) is 10.3. The highest BCUT2D eigenvalue weighted by molar-refractivity contribution is 9.10. The molecule has 0 aliphatic carbocycles. The maximum Gasteiger partial charge on any atom is 0.191 e. The van der Waals surface area contributed by atoms with E-state index in [9.17, 15) is 4.39 Å². The fourth-order valence-electron chi connectivity index (χ4n) is 3.27. The number of halogens is 2. The molecule has 2 heterocycles. The van der Waals surface area contributed by atoms with Crippen molar-refractivity contribution in [2.45, 2.75) is 51.6 Å². The van der Waals surface area contributed by atoms with Crippen molar-refractivity contribution in [1.29, 1.82) is 0 Å². The van der Waals surface area contributed by atoms with Crippen LogP contribution in [0.5, 0.6) is 0 Å². The fraction of sp³-hybridized carbons (Fsp3) is 0.526. The van der Waals surface area contributed by atoms with Gasteiger partial charge in [0.25, 0.3) is 0 Å². The number of hydrogen-bond acceptors (Lipinski definition) is 3. The molecule has 146 valence electrons. The van der Waals surface area contributed by atoms with Crippen LogP contribution in [-0.2, 0) is 25.9 Å². The second kappa shape index (κ2) is 9.82. The molecule has 0 saturated heterocycles. The van der Waals surface area contributed by atoms with E-state index in [2.05, 4.69) is 46.3 Å². The summed E-state index contributed by atoms with van der Waals surface area (Å²) in [6.45, 7) is 2.30. The van der Waals surface area contributed by atoms with E-state index in [0.29, 0.717) is 19.5 Å². The molecule has 0 bridgehead atoms. The number of benzene rings is 1. The van der Waals surface area contributed by atoms with Gasteiger partial charge in [0.2, 0.25) is 0 Å². The van der Waals surface area contributed by atoms with Gasteiger partial charge in [0.1, 0.15) is 11.6 Å². The summed E-state index contributed by atoms with van der Waals surface area (Å²) >= 11 is 3.28. The molecule has 0 amide bonds. The Labute approximate surface area is 167 Å². The van der Waals surface area contributed by atoms with Gasteiger partial charge in [0.15, 0.2) is 11.8 Å². The fourth-order valence-corrected chi connectivity index (χ4v) is 3.60. The van der Waals surface area contributed by atoms with Gasteiger partial charge in [-0.15, -0.1) is 10.2 Å².